The Balaban J connectivity index is 1.94. The maximum Gasteiger partial charge on any atom is 0.335 e. The molecular weight excluding hydrogens is 402 g/mol. The summed E-state index contributed by atoms with van der Waals surface area (Å²) in [5.41, 5.74) is 0.545. The molecule has 0 spiro atoms. The summed E-state index contributed by atoms with van der Waals surface area (Å²) in [7, 11) is 0. The van der Waals surface area contributed by atoms with Crippen LogP contribution in [0.25, 0.3) is 0 Å². The van der Waals surface area contributed by atoms with E-state index >= 15 is 0 Å². The average Bonchev–Trinajstić information content (AvgIpc) is 2.78. The lowest BCUT2D eigenvalue weighted by Crippen LogP contribution is -2.07. The van der Waals surface area contributed by atoms with Crippen molar-refractivity contribution in [1.82, 2.24) is 0 Å². The van der Waals surface area contributed by atoms with Crippen molar-refractivity contribution in [2.24, 2.45) is 0 Å². The molecule has 32 heavy (non-hydrogen) atoms. The highest BCUT2D eigenvalue weighted by Gasteiger charge is 2.11. The van der Waals surface area contributed by atoms with Crippen molar-refractivity contribution in [3.05, 3.63) is 29.3 Å². The van der Waals surface area contributed by atoms with Gasteiger partial charge in [-0.15, -0.1) is 0 Å². The van der Waals surface area contributed by atoms with Gasteiger partial charge in [-0.1, -0.05) is 110 Å². The van der Waals surface area contributed by atoms with E-state index in [0.29, 0.717) is 5.69 Å². The first kappa shape index (κ1) is 28.0. The van der Waals surface area contributed by atoms with Gasteiger partial charge < -0.3 is 15.5 Å². The minimum Gasteiger partial charge on any atom is -0.478 e. The summed E-state index contributed by atoms with van der Waals surface area (Å²) in [4.78, 5) is 22.3. The molecule has 0 saturated carbocycles. The fraction of sp³-hybridized carbons (Fsp3) is 0.704. The van der Waals surface area contributed by atoms with Gasteiger partial charge in [-0.25, -0.2) is 9.59 Å². The number of benzene rings is 1. The van der Waals surface area contributed by atoms with E-state index in [0.717, 1.165) is 19.4 Å². The molecule has 0 unspecified atom stereocenters. The van der Waals surface area contributed by atoms with E-state index in [-0.39, 0.29) is 11.1 Å². The molecule has 0 aromatic heterocycles. The van der Waals surface area contributed by atoms with Crippen LogP contribution in [0.4, 0.5) is 5.69 Å². The molecule has 0 fully saturated rings. The Morgan fingerprint density at radius 3 is 1.28 bits per heavy atom. The average molecular weight is 448 g/mol. The topological polar surface area (TPSA) is 86.6 Å². The molecule has 5 nitrogen and oxygen atoms in total. The number of carboxylic acid groups (broad SMARTS) is 2. The van der Waals surface area contributed by atoms with Gasteiger partial charge >= 0.3 is 11.9 Å². The summed E-state index contributed by atoms with van der Waals surface area (Å²) in [5.74, 6) is -2.23. The summed E-state index contributed by atoms with van der Waals surface area (Å²) < 4.78 is 0. The SMILES string of the molecule is CCCCCCCCCCCCCCCCCCCNc1cc(C(=O)O)cc(C(=O)O)c1. The maximum absolute atomic E-state index is 11.1. The van der Waals surface area contributed by atoms with Gasteiger partial charge in [0.15, 0.2) is 0 Å². The molecule has 1 aromatic rings. The number of rotatable bonds is 21. The number of hydrogen-bond acceptors (Lipinski definition) is 3. The molecule has 0 saturated heterocycles. The van der Waals surface area contributed by atoms with Gasteiger partial charge in [-0.3, -0.25) is 0 Å². The fourth-order valence-corrected chi connectivity index (χ4v) is 4.06. The molecule has 182 valence electrons. The van der Waals surface area contributed by atoms with Crippen LogP contribution in [0.2, 0.25) is 0 Å². The van der Waals surface area contributed by atoms with E-state index in [2.05, 4.69) is 12.2 Å². The summed E-state index contributed by atoms with van der Waals surface area (Å²) in [6, 6.07) is 4.16. The third-order valence-corrected chi connectivity index (χ3v) is 6.04. The monoisotopic (exact) mass is 447 g/mol. The Bertz CT molecular complexity index is 612. The highest BCUT2D eigenvalue weighted by molar-refractivity contribution is 5.95. The minimum atomic E-state index is -1.12. The highest BCUT2D eigenvalue weighted by atomic mass is 16.4. The number of nitrogens with one attached hydrogen (secondary N) is 1. The van der Waals surface area contributed by atoms with Gasteiger partial charge in [0.25, 0.3) is 0 Å². The number of aromatic carboxylic acids is 2. The molecule has 1 aromatic carbocycles. The molecule has 0 bridgehead atoms. The first-order valence-corrected chi connectivity index (χ1v) is 12.9. The van der Waals surface area contributed by atoms with Crippen LogP contribution in [0, 0.1) is 0 Å². The molecule has 0 aliphatic carbocycles. The number of carboxylic acids is 2. The third-order valence-electron chi connectivity index (χ3n) is 6.04. The predicted octanol–water partition coefficient (Wildman–Crippen LogP) is 8.15. The second-order valence-corrected chi connectivity index (χ2v) is 8.99. The Labute approximate surface area is 195 Å². The summed E-state index contributed by atoms with van der Waals surface area (Å²) in [6.45, 7) is 2.99. The molecule has 1 rings (SSSR count). The first-order valence-electron chi connectivity index (χ1n) is 12.9. The lowest BCUT2D eigenvalue weighted by Gasteiger charge is -2.09. The summed E-state index contributed by atoms with van der Waals surface area (Å²) in [5, 5.41) is 21.4. The van der Waals surface area contributed by atoms with Gasteiger partial charge in [-0.05, 0) is 24.6 Å². The van der Waals surface area contributed by atoms with E-state index in [1.165, 1.54) is 115 Å². The molecule has 0 aliphatic rings. The van der Waals surface area contributed by atoms with Crippen LogP contribution in [0.5, 0.6) is 0 Å². The number of carbonyl (C=O) groups is 2. The zero-order valence-corrected chi connectivity index (χ0v) is 20.2. The van der Waals surface area contributed by atoms with Crippen molar-refractivity contribution in [2.45, 2.75) is 116 Å². The maximum atomic E-state index is 11.1. The molecule has 3 N–H and O–H groups in total. The van der Waals surface area contributed by atoms with Crippen molar-refractivity contribution in [3.8, 4) is 0 Å². The molecule has 5 heteroatoms. The molecule has 0 aliphatic heterocycles. The number of unbranched alkanes of at least 4 members (excludes halogenated alkanes) is 16. The largest absolute Gasteiger partial charge is 0.478 e. The third kappa shape index (κ3) is 14.1. The standard InChI is InChI=1S/C27H45NO4/c1-2-3-4-5-6-7-8-9-10-11-12-13-14-15-16-17-18-19-28-25-21-23(26(29)30)20-24(22-25)27(31)32/h20-22,28H,2-19H2,1H3,(H,29,30)(H,31,32). The van der Waals surface area contributed by atoms with Crippen LogP contribution in [-0.2, 0) is 0 Å². The van der Waals surface area contributed by atoms with Crippen LogP contribution in [0.3, 0.4) is 0 Å². The Morgan fingerprint density at radius 1 is 0.594 bits per heavy atom. The molecule has 0 heterocycles. The van der Waals surface area contributed by atoms with Gasteiger partial charge in [0.1, 0.15) is 0 Å². The van der Waals surface area contributed by atoms with Gasteiger partial charge in [0, 0.05) is 12.2 Å². The van der Waals surface area contributed by atoms with Gasteiger partial charge in [-0.2, -0.15) is 0 Å². The normalized spacial score (nSPS) is 10.9. The lowest BCUT2D eigenvalue weighted by molar-refractivity contribution is 0.0696. The Morgan fingerprint density at radius 2 is 0.938 bits per heavy atom. The second-order valence-electron chi connectivity index (χ2n) is 8.99. The molecular formula is C27H45NO4. The number of anilines is 1. The van der Waals surface area contributed by atoms with Crippen molar-refractivity contribution in [1.29, 1.82) is 0 Å². The molecule has 0 amide bonds. The van der Waals surface area contributed by atoms with E-state index in [1.54, 1.807) is 0 Å². The van der Waals surface area contributed by atoms with Crippen LogP contribution >= 0.6 is 0 Å². The highest BCUT2D eigenvalue weighted by Crippen LogP contribution is 2.17. The van der Waals surface area contributed by atoms with Crippen molar-refractivity contribution in [2.75, 3.05) is 11.9 Å². The first-order chi connectivity index (χ1) is 15.5. The zero-order valence-electron chi connectivity index (χ0n) is 20.2. The van der Waals surface area contributed by atoms with Crippen molar-refractivity contribution in [3.63, 3.8) is 0 Å². The molecule has 0 atom stereocenters. The van der Waals surface area contributed by atoms with Gasteiger partial charge in [0.05, 0.1) is 11.1 Å². The van der Waals surface area contributed by atoms with Crippen molar-refractivity contribution >= 4 is 17.6 Å². The van der Waals surface area contributed by atoms with E-state index in [1.807, 2.05) is 0 Å². The van der Waals surface area contributed by atoms with Crippen LogP contribution in [0.1, 0.15) is 137 Å². The quantitative estimate of drug-likeness (QED) is 0.165. The lowest BCUT2D eigenvalue weighted by atomic mass is 10.0. The van der Waals surface area contributed by atoms with Crippen LogP contribution < -0.4 is 5.32 Å². The van der Waals surface area contributed by atoms with Gasteiger partial charge in [0.2, 0.25) is 0 Å². The zero-order chi connectivity index (χ0) is 23.4. The minimum absolute atomic E-state index is 0.00481. The summed E-state index contributed by atoms with van der Waals surface area (Å²) in [6.07, 6.45) is 22.7. The Kier molecular flexibility index (Phi) is 16.2. The number of hydrogen-bond donors (Lipinski definition) is 3. The Hall–Kier alpha value is -2.04. The smallest absolute Gasteiger partial charge is 0.335 e. The molecule has 0 radical (unpaired) electrons. The fourth-order valence-electron chi connectivity index (χ4n) is 4.06. The predicted molar refractivity (Wildman–Crippen MR) is 133 cm³/mol. The van der Waals surface area contributed by atoms with Crippen molar-refractivity contribution < 1.29 is 19.8 Å². The van der Waals surface area contributed by atoms with Crippen LogP contribution in [-0.4, -0.2) is 28.7 Å². The van der Waals surface area contributed by atoms with E-state index < -0.39 is 11.9 Å². The van der Waals surface area contributed by atoms with E-state index in [9.17, 15) is 9.59 Å². The summed E-state index contributed by atoms with van der Waals surface area (Å²) >= 11 is 0. The van der Waals surface area contributed by atoms with Crippen LogP contribution in [0.15, 0.2) is 18.2 Å². The van der Waals surface area contributed by atoms with E-state index in [4.69, 9.17) is 10.2 Å². The second kappa shape index (κ2) is 18.5.